The molecule has 1 aliphatic rings. The maximum atomic E-state index is 6.32. The van der Waals surface area contributed by atoms with Crippen molar-refractivity contribution in [3.8, 4) is 0 Å². The molecule has 0 aliphatic carbocycles. The summed E-state index contributed by atoms with van der Waals surface area (Å²) in [5.74, 6) is 0. The van der Waals surface area contributed by atoms with Crippen molar-refractivity contribution in [2.24, 2.45) is 0 Å². The Kier molecular flexibility index (Phi) is 4.38. The maximum Gasteiger partial charge on any atom is 0.0608 e. The minimum absolute atomic E-state index is 0.258. The SMILES string of the molecule is Clc1ccc2c(c1)C(c1ccccc1)N(Cc1ccccc1)CC2. The smallest absolute Gasteiger partial charge is 0.0608 e. The van der Waals surface area contributed by atoms with Crippen LogP contribution in [-0.2, 0) is 13.0 Å². The average Bonchev–Trinajstić information content (AvgIpc) is 2.63. The Morgan fingerprint density at radius 3 is 2.33 bits per heavy atom. The summed E-state index contributed by atoms with van der Waals surface area (Å²) in [6, 6.07) is 28.1. The molecule has 0 aromatic heterocycles. The zero-order valence-electron chi connectivity index (χ0n) is 13.5. The van der Waals surface area contributed by atoms with Crippen molar-refractivity contribution < 1.29 is 0 Å². The molecule has 1 unspecified atom stereocenters. The van der Waals surface area contributed by atoms with E-state index in [0.29, 0.717) is 0 Å². The molecule has 1 nitrogen and oxygen atoms in total. The second-order valence-electron chi connectivity index (χ2n) is 6.36. The average molecular weight is 334 g/mol. The van der Waals surface area contributed by atoms with Crippen LogP contribution >= 0.6 is 11.6 Å². The Labute approximate surface area is 148 Å². The van der Waals surface area contributed by atoms with E-state index in [9.17, 15) is 0 Å². The fraction of sp³-hybridized carbons (Fsp3) is 0.182. The number of halogens is 1. The molecule has 0 bridgehead atoms. The number of hydrogen-bond donors (Lipinski definition) is 0. The van der Waals surface area contributed by atoms with Gasteiger partial charge in [0.1, 0.15) is 0 Å². The molecule has 4 rings (SSSR count). The Balaban J connectivity index is 1.76. The molecular weight excluding hydrogens is 314 g/mol. The minimum Gasteiger partial charge on any atom is -0.288 e. The molecule has 0 saturated heterocycles. The van der Waals surface area contributed by atoms with Crippen molar-refractivity contribution in [1.82, 2.24) is 4.90 Å². The Bertz CT molecular complexity index is 814. The van der Waals surface area contributed by atoms with Gasteiger partial charge in [-0.05, 0) is 40.8 Å². The van der Waals surface area contributed by atoms with E-state index in [0.717, 1.165) is 24.5 Å². The first-order chi connectivity index (χ1) is 11.8. The van der Waals surface area contributed by atoms with E-state index in [-0.39, 0.29) is 6.04 Å². The van der Waals surface area contributed by atoms with Crippen LogP contribution in [-0.4, -0.2) is 11.4 Å². The topological polar surface area (TPSA) is 3.24 Å². The molecule has 3 aromatic carbocycles. The van der Waals surface area contributed by atoms with Crippen LogP contribution in [0.25, 0.3) is 0 Å². The molecule has 1 heterocycles. The van der Waals surface area contributed by atoms with Crippen LogP contribution in [0.15, 0.2) is 78.9 Å². The summed E-state index contributed by atoms with van der Waals surface area (Å²) in [7, 11) is 0. The molecular formula is C22H20ClN. The van der Waals surface area contributed by atoms with E-state index < -0.39 is 0 Å². The standard InChI is InChI=1S/C22H20ClN/c23-20-12-11-18-13-14-24(16-17-7-3-1-4-8-17)22(21(18)15-20)19-9-5-2-6-10-19/h1-12,15,22H,13-14,16H2. The zero-order chi connectivity index (χ0) is 16.4. The molecule has 120 valence electrons. The summed E-state index contributed by atoms with van der Waals surface area (Å²) in [6.07, 6.45) is 1.07. The van der Waals surface area contributed by atoms with Crippen LogP contribution in [0.5, 0.6) is 0 Å². The van der Waals surface area contributed by atoms with Crippen molar-refractivity contribution in [2.75, 3.05) is 6.54 Å². The van der Waals surface area contributed by atoms with E-state index >= 15 is 0 Å². The molecule has 1 aliphatic heterocycles. The van der Waals surface area contributed by atoms with E-state index in [1.807, 2.05) is 6.07 Å². The lowest BCUT2D eigenvalue weighted by Gasteiger charge is -2.38. The van der Waals surface area contributed by atoms with Crippen molar-refractivity contribution in [3.05, 3.63) is 106 Å². The van der Waals surface area contributed by atoms with Crippen molar-refractivity contribution in [3.63, 3.8) is 0 Å². The number of hydrogen-bond acceptors (Lipinski definition) is 1. The summed E-state index contributed by atoms with van der Waals surface area (Å²) >= 11 is 6.32. The fourth-order valence-electron chi connectivity index (χ4n) is 3.65. The van der Waals surface area contributed by atoms with Crippen LogP contribution in [0.3, 0.4) is 0 Å². The van der Waals surface area contributed by atoms with Crippen LogP contribution in [0.1, 0.15) is 28.3 Å². The van der Waals surface area contributed by atoms with Gasteiger partial charge in [0.15, 0.2) is 0 Å². The molecule has 0 saturated carbocycles. The van der Waals surface area contributed by atoms with Gasteiger partial charge in [0.25, 0.3) is 0 Å². The molecule has 0 fully saturated rings. The van der Waals surface area contributed by atoms with Crippen molar-refractivity contribution >= 4 is 11.6 Å². The van der Waals surface area contributed by atoms with Gasteiger partial charge in [-0.2, -0.15) is 0 Å². The summed E-state index contributed by atoms with van der Waals surface area (Å²) in [6.45, 7) is 2.01. The third-order valence-corrected chi connectivity index (χ3v) is 5.01. The highest BCUT2D eigenvalue weighted by Gasteiger charge is 2.28. The first-order valence-corrected chi connectivity index (χ1v) is 8.80. The number of rotatable bonds is 3. The summed E-state index contributed by atoms with van der Waals surface area (Å²) in [5, 5.41) is 0.816. The van der Waals surface area contributed by atoms with E-state index in [4.69, 9.17) is 11.6 Å². The third kappa shape index (κ3) is 3.10. The van der Waals surface area contributed by atoms with Gasteiger partial charge in [0, 0.05) is 18.1 Å². The molecule has 0 radical (unpaired) electrons. The van der Waals surface area contributed by atoms with E-state index in [1.165, 1.54) is 22.3 Å². The van der Waals surface area contributed by atoms with Crippen molar-refractivity contribution in [2.45, 2.75) is 19.0 Å². The maximum absolute atomic E-state index is 6.32. The Morgan fingerprint density at radius 1 is 0.875 bits per heavy atom. The van der Waals surface area contributed by atoms with Gasteiger partial charge in [-0.1, -0.05) is 78.3 Å². The van der Waals surface area contributed by atoms with Crippen LogP contribution in [0.4, 0.5) is 0 Å². The second-order valence-corrected chi connectivity index (χ2v) is 6.80. The second kappa shape index (κ2) is 6.80. The molecule has 3 aromatic rings. The largest absolute Gasteiger partial charge is 0.288 e. The molecule has 2 heteroatoms. The lowest BCUT2D eigenvalue weighted by atomic mass is 9.88. The lowest BCUT2D eigenvalue weighted by Crippen LogP contribution is -2.35. The van der Waals surface area contributed by atoms with Gasteiger partial charge in [-0.15, -0.1) is 0 Å². The van der Waals surface area contributed by atoms with E-state index in [1.54, 1.807) is 0 Å². The Hall–Kier alpha value is -2.09. The highest BCUT2D eigenvalue weighted by atomic mass is 35.5. The number of fused-ring (bicyclic) bond motifs is 1. The molecule has 24 heavy (non-hydrogen) atoms. The predicted octanol–water partition coefficient (Wildman–Crippen LogP) is 5.49. The Morgan fingerprint density at radius 2 is 1.58 bits per heavy atom. The number of benzene rings is 3. The highest BCUT2D eigenvalue weighted by Crippen LogP contribution is 2.37. The molecule has 0 N–H and O–H groups in total. The number of nitrogens with zero attached hydrogens (tertiary/aromatic N) is 1. The van der Waals surface area contributed by atoms with E-state index in [2.05, 4.69) is 77.7 Å². The van der Waals surface area contributed by atoms with Crippen molar-refractivity contribution in [1.29, 1.82) is 0 Å². The van der Waals surface area contributed by atoms with Gasteiger partial charge >= 0.3 is 0 Å². The highest BCUT2D eigenvalue weighted by molar-refractivity contribution is 6.30. The van der Waals surface area contributed by atoms with Crippen LogP contribution < -0.4 is 0 Å². The molecule has 0 spiro atoms. The monoisotopic (exact) mass is 333 g/mol. The van der Waals surface area contributed by atoms with Gasteiger partial charge in [0.05, 0.1) is 6.04 Å². The quantitative estimate of drug-likeness (QED) is 0.612. The summed E-state index contributed by atoms with van der Waals surface area (Å²) in [4.78, 5) is 2.56. The summed E-state index contributed by atoms with van der Waals surface area (Å²) < 4.78 is 0. The zero-order valence-corrected chi connectivity index (χ0v) is 14.3. The molecule has 0 amide bonds. The van der Waals surface area contributed by atoms with Gasteiger partial charge in [-0.25, -0.2) is 0 Å². The first-order valence-electron chi connectivity index (χ1n) is 8.42. The third-order valence-electron chi connectivity index (χ3n) is 4.78. The fourth-order valence-corrected chi connectivity index (χ4v) is 3.83. The lowest BCUT2D eigenvalue weighted by molar-refractivity contribution is 0.204. The normalized spacial score (nSPS) is 17.5. The van der Waals surface area contributed by atoms with Gasteiger partial charge in [-0.3, -0.25) is 4.90 Å². The van der Waals surface area contributed by atoms with Crippen LogP contribution in [0.2, 0.25) is 5.02 Å². The van der Waals surface area contributed by atoms with Gasteiger partial charge in [0.2, 0.25) is 0 Å². The minimum atomic E-state index is 0.258. The van der Waals surface area contributed by atoms with Crippen LogP contribution in [0, 0.1) is 0 Å². The van der Waals surface area contributed by atoms with Gasteiger partial charge < -0.3 is 0 Å². The summed E-state index contributed by atoms with van der Waals surface area (Å²) in [5.41, 5.74) is 5.44. The first kappa shape index (κ1) is 15.4. The molecule has 1 atom stereocenters. The predicted molar refractivity (Wildman–Crippen MR) is 100 cm³/mol.